The van der Waals surface area contributed by atoms with Crippen LogP contribution in [0, 0.1) is 13.8 Å². The number of urea groups is 1. The number of carbonyl (C=O) groups excluding carboxylic acids is 1. The molecule has 0 unspecified atom stereocenters. The van der Waals surface area contributed by atoms with Crippen LogP contribution in [0.1, 0.15) is 36.1 Å². The fraction of sp³-hybridized carbons (Fsp3) is 0.444. The number of nitrogens with one attached hydrogen (secondary N) is 1. The van der Waals surface area contributed by atoms with Gasteiger partial charge >= 0.3 is 6.03 Å². The van der Waals surface area contributed by atoms with Crippen LogP contribution >= 0.6 is 0 Å². The van der Waals surface area contributed by atoms with Gasteiger partial charge in [0.05, 0.1) is 6.04 Å². The number of amides is 2. The molecule has 2 aromatic rings. The molecule has 0 saturated carbocycles. The van der Waals surface area contributed by atoms with Crippen molar-refractivity contribution < 1.29 is 4.79 Å². The van der Waals surface area contributed by atoms with Crippen LogP contribution in [0.3, 0.4) is 0 Å². The van der Waals surface area contributed by atoms with Gasteiger partial charge in [0.2, 0.25) is 0 Å². The molecule has 0 aliphatic heterocycles. The first-order valence-electron chi connectivity index (χ1n) is 8.03. The SMILES string of the molecule is Cc1ccc([C@@H](C)NC(=O)N(C)CCCn2cccn2)cc1C. The van der Waals surface area contributed by atoms with Gasteiger partial charge in [-0.1, -0.05) is 18.2 Å². The summed E-state index contributed by atoms with van der Waals surface area (Å²) >= 11 is 0. The normalized spacial score (nSPS) is 12.0. The van der Waals surface area contributed by atoms with Crippen molar-refractivity contribution in [3.8, 4) is 0 Å². The monoisotopic (exact) mass is 314 g/mol. The maximum Gasteiger partial charge on any atom is 0.317 e. The number of nitrogens with zero attached hydrogens (tertiary/aromatic N) is 3. The minimum Gasteiger partial charge on any atom is -0.331 e. The molecule has 0 aliphatic rings. The number of benzene rings is 1. The van der Waals surface area contributed by atoms with Gasteiger partial charge < -0.3 is 10.2 Å². The number of aryl methyl sites for hydroxylation is 3. The summed E-state index contributed by atoms with van der Waals surface area (Å²) in [5.74, 6) is 0. The molecule has 124 valence electrons. The van der Waals surface area contributed by atoms with Crippen LogP contribution in [0.2, 0.25) is 0 Å². The number of carbonyl (C=O) groups is 1. The number of hydrogen-bond acceptors (Lipinski definition) is 2. The zero-order valence-electron chi connectivity index (χ0n) is 14.4. The second-order valence-electron chi connectivity index (χ2n) is 6.06. The lowest BCUT2D eigenvalue weighted by atomic mass is 10.0. The van der Waals surface area contributed by atoms with Gasteiger partial charge in [0.15, 0.2) is 0 Å². The van der Waals surface area contributed by atoms with Gasteiger partial charge in [0, 0.05) is 32.5 Å². The maximum atomic E-state index is 12.3. The third-order valence-corrected chi connectivity index (χ3v) is 4.16. The Kier molecular flexibility index (Phi) is 5.79. The van der Waals surface area contributed by atoms with E-state index in [-0.39, 0.29) is 12.1 Å². The average molecular weight is 314 g/mol. The number of hydrogen-bond donors (Lipinski definition) is 1. The van der Waals surface area contributed by atoms with E-state index in [2.05, 4.69) is 42.5 Å². The van der Waals surface area contributed by atoms with E-state index in [1.54, 1.807) is 11.1 Å². The highest BCUT2D eigenvalue weighted by atomic mass is 16.2. The van der Waals surface area contributed by atoms with Crippen LogP contribution in [0.5, 0.6) is 0 Å². The first-order valence-corrected chi connectivity index (χ1v) is 8.03. The van der Waals surface area contributed by atoms with Crippen molar-refractivity contribution >= 4 is 6.03 Å². The lowest BCUT2D eigenvalue weighted by Crippen LogP contribution is -2.39. The van der Waals surface area contributed by atoms with Gasteiger partial charge in [-0.05, 0) is 49.9 Å². The largest absolute Gasteiger partial charge is 0.331 e. The van der Waals surface area contributed by atoms with Crippen molar-refractivity contribution in [1.29, 1.82) is 0 Å². The summed E-state index contributed by atoms with van der Waals surface area (Å²) in [5, 5.41) is 7.21. The summed E-state index contributed by atoms with van der Waals surface area (Å²) in [4.78, 5) is 14.0. The predicted octanol–water partition coefficient (Wildman–Crippen LogP) is 3.29. The first kappa shape index (κ1) is 17.1. The van der Waals surface area contributed by atoms with Gasteiger partial charge in [0.25, 0.3) is 0 Å². The van der Waals surface area contributed by atoms with Crippen molar-refractivity contribution in [2.45, 2.75) is 39.8 Å². The van der Waals surface area contributed by atoms with Gasteiger partial charge in [-0.15, -0.1) is 0 Å². The summed E-state index contributed by atoms with van der Waals surface area (Å²) in [6, 6.07) is 8.16. The molecule has 2 amide bonds. The number of rotatable bonds is 6. The summed E-state index contributed by atoms with van der Waals surface area (Å²) in [7, 11) is 1.82. The van der Waals surface area contributed by atoms with Crippen LogP contribution < -0.4 is 5.32 Å². The molecule has 0 spiro atoms. The lowest BCUT2D eigenvalue weighted by molar-refractivity contribution is 0.204. The fourth-order valence-electron chi connectivity index (χ4n) is 2.42. The zero-order valence-corrected chi connectivity index (χ0v) is 14.4. The van der Waals surface area contributed by atoms with Crippen LogP contribution in [-0.4, -0.2) is 34.3 Å². The third-order valence-electron chi connectivity index (χ3n) is 4.16. The lowest BCUT2D eigenvalue weighted by Gasteiger charge is -2.22. The van der Waals surface area contributed by atoms with Crippen LogP contribution in [0.25, 0.3) is 0 Å². The van der Waals surface area contributed by atoms with E-state index in [0.717, 1.165) is 18.5 Å². The van der Waals surface area contributed by atoms with E-state index >= 15 is 0 Å². The minimum atomic E-state index is -0.0452. The van der Waals surface area contributed by atoms with E-state index in [4.69, 9.17) is 0 Å². The molecule has 1 aromatic carbocycles. The smallest absolute Gasteiger partial charge is 0.317 e. The molecular formula is C18H26N4O. The highest BCUT2D eigenvalue weighted by molar-refractivity contribution is 5.74. The Labute approximate surface area is 138 Å². The average Bonchev–Trinajstić information content (AvgIpc) is 3.03. The van der Waals surface area contributed by atoms with Crippen LogP contribution in [-0.2, 0) is 6.54 Å². The molecule has 1 atom stereocenters. The molecule has 5 heteroatoms. The Morgan fingerprint density at radius 2 is 2.13 bits per heavy atom. The van der Waals surface area contributed by atoms with Crippen molar-refractivity contribution in [2.75, 3.05) is 13.6 Å². The van der Waals surface area contributed by atoms with E-state index in [0.29, 0.717) is 6.54 Å². The molecule has 2 rings (SSSR count). The Hall–Kier alpha value is -2.30. The maximum absolute atomic E-state index is 12.3. The van der Waals surface area contributed by atoms with E-state index < -0.39 is 0 Å². The molecule has 0 fully saturated rings. The molecule has 0 bridgehead atoms. The summed E-state index contributed by atoms with van der Waals surface area (Å²) in [6.45, 7) is 7.72. The molecule has 23 heavy (non-hydrogen) atoms. The molecule has 1 aromatic heterocycles. The first-order chi connectivity index (χ1) is 11.0. The standard InChI is InChI=1S/C18H26N4O/c1-14-7-8-17(13-15(14)2)16(3)20-18(23)21(4)10-6-12-22-11-5-9-19-22/h5,7-9,11,13,16H,6,10,12H2,1-4H3,(H,20,23)/t16-/m1/s1. The van der Waals surface area contributed by atoms with Gasteiger partial charge in [0.1, 0.15) is 0 Å². The van der Waals surface area contributed by atoms with E-state index in [1.807, 2.05) is 30.9 Å². The zero-order chi connectivity index (χ0) is 16.8. The van der Waals surface area contributed by atoms with Crippen molar-refractivity contribution in [3.05, 3.63) is 53.3 Å². The highest BCUT2D eigenvalue weighted by Gasteiger charge is 2.13. The summed E-state index contributed by atoms with van der Waals surface area (Å²) in [6.07, 6.45) is 4.58. The predicted molar refractivity (Wildman–Crippen MR) is 92.3 cm³/mol. The van der Waals surface area contributed by atoms with E-state index in [1.165, 1.54) is 11.1 Å². The second kappa shape index (κ2) is 7.81. The van der Waals surface area contributed by atoms with Crippen LogP contribution in [0.15, 0.2) is 36.7 Å². The summed E-state index contributed by atoms with van der Waals surface area (Å²) in [5.41, 5.74) is 3.64. The second-order valence-corrected chi connectivity index (χ2v) is 6.06. The minimum absolute atomic E-state index is 0.00429. The Morgan fingerprint density at radius 1 is 1.35 bits per heavy atom. The topological polar surface area (TPSA) is 50.2 Å². The molecule has 5 nitrogen and oxygen atoms in total. The Bertz CT molecular complexity index is 636. The molecule has 0 saturated heterocycles. The molecule has 1 heterocycles. The van der Waals surface area contributed by atoms with Gasteiger partial charge in [-0.2, -0.15) is 5.10 Å². The quantitative estimate of drug-likeness (QED) is 0.889. The molecule has 1 N–H and O–H groups in total. The van der Waals surface area contributed by atoms with Crippen molar-refractivity contribution in [3.63, 3.8) is 0 Å². The van der Waals surface area contributed by atoms with Crippen molar-refractivity contribution in [2.24, 2.45) is 0 Å². The summed E-state index contributed by atoms with van der Waals surface area (Å²) < 4.78 is 1.88. The fourth-order valence-corrected chi connectivity index (χ4v) is 2.42. The Balaban J connectivity index is 1.81. The number of aromatic nitrogens is 2. The van der Waals surface area contributed by atoms with Gasteiger partial charge in [-0.25, -0.2) is 4.79 Å². The molecule has 0 radical (unpaired) electrons. The van der Waals surface area contributed by atoms with Crippen molar-refractivity contribution in [1.82, 2.24) is 20.0 Å². The Morgan fingerprint density at radius 3 is 2.78 bits per heavy atom. The highest BCUT2D eigenvalue weighted by Crippen LogP contribution is 2.16. The molecular weight excluding hydrogens is 288 g/mol. The third kappa shape index (κ3) is 4.84. The molecule has 0 aliphatic carbocycles. The van der Waals surface area contributed by atoms with Crippen LogP contribution in [0.4, 0.5) is 4.79 Å². The van der Waals surface area contributed by atoms with Gasteiger partial charge in [-0.3, -0.25) is 4.68 Å². The van der Waals surface area contributed by atoms with E-state index in [9.17, 15) is 4.79 Å².